The molecule has 2 nitrogen and oxygen atoms in total. The minimum Gasteiger partial charge on any atom is -0.367 e. The molecule has 0 aliphatic rings. The molecular formula is C14H18BrNO. The van der Waals surface area contributed by atoms with Crippen LogP contribution >= 0.6 is 15.9 Å². The number of hydrogen-bond acceptors (Lipinski definition) is 2. The van der Waals surface area contributed by atoms with Crippen LogP contribution in [0, 0.1) is 0 Å². The number of rotatable bonds is 6. The van der Waals surface area contributed by atoms with Gasteiger partial charge in [0.2, 0.25) is 0 Å². The summed E-state index contributed by atoms with van der Waals surface area (Å²) in [4.78, 5) is 13.5. The molecule has 92 valence electrons. The molecule has 0 radical (unpaired) electrons. The predicted octanol–water partition coefficient (Wildman–Crippen LogP) is 4.05. The number of hydrogen-bond donors (Lipinski definition) is 0. The number of nitrogens with zero attached hydrogens (tertiary/aromatic N) is 1. The molecule has 0 heterocycles. The first-order valence-electron chi connectivity index (χ1n) is 5.76. The summed E-state index contributed by atoms with van der Waals surface area (Å²) in [6.07, 6.45) is 2.97. The van der Waals surface area contributed by atoms with E-state index in [-0.39, 0.29) is 5.78 Å². The summed E-state index contributed by atoms with van der Waals surface area (Å²) in [6, 6.07) is 5.73. The van der Waals surface area contributed by atoms with Crippen LogP contribution in [0.5, 0.6) is 0 Å². The SMILES string of the molecule is C=CCN(CCC)c1ccc(C(C)=O)cc1Br. The third kappa shape index (κ3) is 3.70. The molecule has 0 aliphatic carbocycles. The predicted molar refractivity (Wildman–Crippen MR) is 76.8 cm³/mol. The summed E-state index contributed by atoms with van der Waals surface area (Å²) in [6.45, 7) is 9.29. The molecule has 1 rings (SSSR count). The van der Waals surface area contributed by atoms with Gasteiger partial charge >= 0.3 is 0 Å². The second kappa shape index (κ2) is 6.60. The maximum atomic E-state index is 11.3. The molecule has 0 unspecified atom stereocenters. The van der Waals surface area contributed by atoms with Gasteiger partial charge in [-0.1, -0.05) is 13.0 Å². The Labute approximate surface area is 111 Å². The number of carbonyl (C=O) groups excluding carboxylic acids is 1. The Kier molecular flexibility index (Phi) is 5.42. The lowest BCUT2D eigenvalue weighted by Crippen LogP contribution is -2.24. The van der Waals surface area contributed by atoms with Gasteiger partial charge in [0.05, 0.1) is 5.69 Å². The van der Waals surface area contributed by atoms with Gasteiger partial charge in [0.25, 0.3) is 0 Å². The molecule has 0 bridgehead atoms. The number of benzene rings is 1. The molecule has 0 aliphatic heterocycles. The van der Waals surface area contributed by atoms with E-state index >= 15 is 0 Å². The zero-order chi connectivity index (χ0) is 12.8. The van der Waals surface area contributed by atoms with Crippen LogP contribution in [-0.2, 0) is 0 Å². The largest absolute Gasteiger partial charge is 0.367 e. The van der Waals surface area contributed by atoms with E-state index in [0.29, 0.717) is 0 Å². The molecule has 3 heteroatoms. The lowest BCUT2D eigenvalue weighted by Gasteiger charge is -2.24. The minimum absolute atomic E-state index is 0.0861. The zero-order valence-corrected chi connectivity index (χ0v) is 12.0. The molecule has 0 atom stereocenters. The maximum absolute atomic E-state index is 11.3. The molecule has 1 aromatic rings. The molecular weight excluding hydrogens is 278 g/mol. The standard InChI is InChI=1S/C14H18BrNO/c1-4-8-16(9-5-2)14-7-6-12(11(3)17)10-13(14)15/h4,6-7,10H,1,5,8-9H2,2-3H3. The molecule has 0 saturated heterocycles. The Morgan fingerprint density at radius 2 is 2.24 bits per heavy atom. The molecule has 0 saturated carbocycles. The van der Waals surface area contributed by atoms with Crippen LogP contribution in [0.3, 0.4) is 0 Å². The van der Waals surface area contributed by atoms with E-state index in [0.717, 1.165) is 35.2 Å². The monoisotopic (exact) mass is 295 g/mol. The second-order valence-electron chi connectivity index (χ2n) is 3.96. The van der Waals surface area contributed by atoms with E-state index < -0.39 is 0 Å². The average Bonchev–Trinajstić information content (AvgIpc) is 2.28. The normalized spacial score (nSPS) is 10.1. The number of carbonyl (C=O) groups is 1. The van der Waals surface area contributed by atoms with E-state index in [2.05, 4.69) is 34.3 Å². The molecule has 0 amide bonds. The first-order valence-corrected chi connectivity index (χ1v) is 6.55. The summed E-state index contributed by atoms with van der Waals surface area (Å²) in [5, 5.41) is 0. The molecule has 0 spiro atoms. The van der Waals surface area contributed by atoms with Gasteiger partial charge in [-0.15, -0.1) is 6.58 Å². The zero-order valence-electron chi connectivity index (χ0n) is 10.4. The molecule has 0 aromatic heterocycles. The van der Waals surface area contributed by atoms with Crippen molar-refractivity contribution in [3.8, 4) is 0 Å². The van der Waals surface area contributed by atoms with Crippen molar-refractivity contribution in [3.63, 3.8) is 0 Å². The Balaban J connectivity index is 3.03. The van der Waals surface area contributed by atoms with Crippen LogP contribution in [0.1, 0.15) is 30.6 Å². The van der Waals surface area contributed by atoms with E-state index in [1.54, 1.807) is 6.92 Å². The van der Waals surface area contributed by atoms with Crippen molar-refractivity contribution in [3.05, 3.63) is 40.9 Å². The fourth-order valence-corrected chi connectivity index (χ4v) is 2.35. The highest BCUT2D eigenvalue weighted by Crippen LogP contribution is 2.27. The van der Waals surface area contributed by atoms with Crippen LogP contribution in [0.2, 0.25) is 0 Å². The van der Waals surface area contributed by atoms with Gasteiger partial charge in [0.1, 0.15) is 0 Å². The van der Waals surface area contributed by atoms with E-state index in [1.165, 1.54) is 0 Å². The summed E-state index contributed by atoms with van der Waals surface area (Å²) in [5.74, 6) is 0.0861. The molecule has 1 aromatic carbocycles. The maximum Gasteiger partial charge on any atom is 0.159 e. The molecule has 0 N–H and O–H groups in total. The third-order valence-corrected chi connectivity index (χ3v) is 3.17. The minimum atomic E-state index is 0.0861. The van der Waals surface area contributed by atoms with Crippen LogP contribution in [0.4, 0.5) is 5.69 Å². The van der Waals surface area contributed by atoms with Crippen molar-refractivity contribution >= 4 is 27.4 Å². The first kappa shape index (κ1) is 14.0. The average molecular weight is 296 g/mol. The van der Waals surface area contributed by atoms with Crippen LogP contribution < -0.4 is 4.90 Å². The van der Waals surface area contributed by atoms with Crippen molar-refractivity contribution in [1.82, 2.24) is 0 Å². The van der Waals surface area contributed by atoms with Gasteiger partial charge in [-0.2, -0.15) is 0 Å². The number of ketones is 1. The number of Topliss-reactive ketones (excluding diaryl/α,β-unsaturated/α-hetero) is 1. The van der Waals surface area contributed by atoms with Crippen molar-refractivity contribution in [2.24, 2.45) is 0 Å². The quantitative estimate of drug-likeness (QED) is 0.583. The Morgan fingerprint density at radius 3 is 2.71 bits per heavy atom. The van der Waals surface area contributed by atoms with E-state index in [4.69, 9.17) is 0 Å². The highest BCUT2D eigenvalue weighted by molar-refractivity contribution is 9.10. The van der Waals surface area contributed by atoms with Gasteiger partial charge in [-0.25, -0.2) is 0 Å². The van der Waals surface area contributed by atoms with Crippen molar-refractivity contribution in [1.29, 1.82) is 0 Å². The van der Waals surface area contributed by atoms with Gasteiger partial charge in [0, 0.05) is 23.1 Å². The fourth-order valence-electron chi connectivity index (χ4n) is 1.72. The lowest BCUT2D eigenvalue weighted by atomic mass is 10.1. The summed E-state index contributed by atoms with van der Waals surface area (Å²) in [7, 11) is 0. The topological polar surface area (TPSA) is 20.3 Å². The van der Waals surface area contributed by atoms with Gasteiger partial charge < -0.3 is 4.90 Å². The van der Waals surface area contributed by atoms with E-state index in [1.807, 2.05) is 24.3 Å². The Bertz CT molecular complexity index is 415. The molecule has 17 heavy (non-hydrogen) atoms. The van der Waals surface area contributed by atoms with Crippen LogP contribution in [0.15, 0.2) is 35.3 Å². The van der Waals surface area contributed by atoms with Crippen molar-refractivity contribution in [2.75, 3.05) is 18.0 Å². The highest BCUT2D eigenvalue weighted by atomic mass is 79.9. The fraction of sp³-hybridized carbons (Fsp3) is 0.357. The Morgan fingerprint density at radius 1 is 1.53 bits per heavy atom. The summed E-state index contributed by atoms with van der Waals surface area (Å²) < 4.78 is 0.959. The molecule has 0 fully saturated rings. The summed E-state index contributed by atoms with van der Waals surface area (Å²) in [5.41, 5.74) is 1.84. The first-order chi connectivity index (χ1) is 8.10. The third-order valence-electron chi connectivity index (χ3n) is 2.54. The Hall–Kier alpha value is -1.09. The second-order valence-corrected chi connectivity index (χ2v) is 4.81. The number of anilines is 1. The van der Waals surface area contributed by atoms with Crippen LogP contribution in [-0.4, -0.2) is 18.9 Å². The lowest BCUT2D eigenvalue weighted by molar-refractivity contribution is 0.101. The smallest absolute Gasteiger partial charge is 0.159 e. The highest BCUT2D eigenvalue weighted by Gasteiger charge is 2.10. The van der Waals surface area contributed by atoms with Gasteiger partial charge in [0.15, 0.2) is 5.78 Å². The van der Waals surface area contributed by atoms with Gasteiger partial charge in [-0.3, -0.25) is 4.79 Å². The summed E-state index contributed by atoms with van der Waals surface area (Å²) >= 11 is 3.53. The van der Waals surface area contributed by atoms with Gasteiger partial charge in [-0.05, 0) is 47.5 Å². The van der Waals surface area contributed by atoms with Crippen molar-refractivity contribution in [2.45, 2.75) is 20.3 Å². The van der Waals surface area contributed by atoms with E-state index in [9.17, 15) is 4.79 Å². The van der Waals surface area contributed by atoms with Crippen LogP contribution in [0.25, 0.3) is 0 Å². The number of halogens is 1. The van der Waals surface area contributed by atoms with Crippen molar-refractivity contribution < 1.29 is 4.79 Å².